The van der Waals surface area contributed by atoms with E-state index in [9.17, 15) is 4.79 Å². The predicted octanol–water partition coefficient (Wildman–Crippen LogP) is 3.68. The minimum atomic E-state index is -1.58. The van der Waals surface area contributed by atoms with Crippen molar-refractivity contribution in [3.8, 4) is 0 Å². The summed E-state index contributed by atoms with van der Waals surface area (Å²) in [7, 11) is 0. The maximum Gasteiger partial charge on any atom is 0.304 e. The molecule has 78 valence electrons. The van der Waals surface area contributed by atoms with Crippen LogP contribution in [-0.4, -0.2) is 14.9 Å². The van der Waals surface area contributed by atoms with Crippen molar-refractivity contribution < 1.29 is 9.90 Å². The summed E-state index contributed by atoms with van der Waals surface area (Å²) in [5.74, 6) is -1.57. The number of aliphatic carboxylic acids is 1. The molecule has 0 radical (unpaired) electrons. The van der Waals surface area contributed by atoms with Gasteiger partial charge in [-0.05, 0) is 11.4 Å². The Morgan fingerprint density at radius 1 is 1.57 bits per heavy atom. The van der Waals surface area contributed by atoms with Crippen LogP contribution in [-0.2, 0) is 4.79 Å². The van der Waals surface area contributed by atoms with Gasteiger partial charge in [0.1, 0.15) is 0 Å². The molecule has 1 atom stereocenters. The fourth-order valence-electron chi connectivity index (χ4n) is 1.04. The summed E-state index contributed by atoms with van der Waals surface area (Å²) in [4.78, 5) is 11.4. The summed E-state index contributed by atoms with van der Waals surface area (Å²) < 4.78 is -1.58. The monoisotopic (exact) mass is 272 g/mol. The van der Waals surface area contributed by atoms with Gasteiger partial charge in [-0.1, -0.05) is 40.9 Å². The third-order valence-corrected chi connectivity index (χ3v) is 3.44. The normalized spacial score (nSPS) is 13.9. The van der Waals surface area contributed by atoms with Crippen molar-refractivity contribution >= 4 is 52.1 Å². The van der Waals surface area contributed by atoms with Crippen molar-refractivity contribution in [1.82, 2.24) is 0 Å². The Morgan fingerprint density at radius 2 is 2.21 bits per heavy atom. The summed E-state index contributed by atoms with van der Waals surface area (Å²) in [6, 6.07) is 3.56. The van der Waals surface area contributed by atoms with Crippen LogP contribution in [0.4, 0.5) is 0 Å². The van der Waals surface area contributed by atoms with E-state index in [4.69, 9.17) is 39.9 Å². The molecule has 0 aliphatic heterocycles. The van der Waals surface area contributed by atoms with Gasteiger partial charge in [-0.25, -0.2) is 0 Å². The van der Waals surface area contributed by atoms with Gasteiger partial charge in [-0.15, -0.1) is 11.3 Å². The molecule has 14 heavy (non-hydrogen) atoms. The molecule has 0 saturated heterocycles. The third kappa shape index (κ3) is 3.31. The number of thiophene rings is 1. The molecular weight excluding hydrogens is 267 g/mol. The fraction of sp³-hybridized carbons (Fsp3) is 0.375. The van der Waals surface area contributed by atoms with Crippen LogP contribution in [0.1, 0.15) is 17.2 Å². The molecule has 0 aliphatic carbocycles. The fourth-order valence-corrected chi connectivity index (χ4v) is 2.72. The quantitative estimate of drug-likeness (QED) is 0.853. The van der Waals surface area contributed by atoms with Crippen molar-refractivity contribution in [3.63, 3.8) is 0 Å². The van der Waals surface area contributed by atoms with Gasteiger partial charge in [0.05, 0.1) is 12.3 Å². The maximum atomic E-state index is 10.6. The standard InChI is InChI=1S/C8H7Cl3O2S/c9-8(10,11)5(4-7(12)13)6-2-1-3-14-6/h1-3,5H,4H2,(H,12,13). The Labute approximate surface area is 100 Å². The second-order valence-electron chi connectivity index (χ2n) is 2.71. The van der Waals surface area contributed by atoms with Gasteiger partial charge in [0.25, 0.3) is 0 Å². The summed E-state index contributed by atoms with van der Waals surface area (Å²) in [5.41, 5.74) is 0. The highest BCUT2D eigenvalue weighted by Gasteiger charge is 2.36. The van der Waals surface area contributed by atoms with E-state index in [1.54, 1.807) is 12.1 Å². The molecule has 2 nitrogen and oxygen atoms in total. The lowest BCUT2D eigenvalue weighted by molar-refractivity contribution is -0.137. The molecule has 1 rings (SSSR count). The highest BCUT2D eigenvalue weighted by molar-refractivity contribution is 7.10. The smallest absolute Gasteiger partial charge is 0.304 e. The molecule has 1 aromatic rings. The molecule has 0 bridgehead atoms. The van der Waals surface area contributed by atoms with Gasteiger partial charge >= 0.3 is 5.97 Å². The summed E-state index contributed by atoms with van der Waals surface area (Å²) in [6.45, 7) is 0. The molecule has 0 amide bonds. The second-order valence-corrected chi connectivity index (χ2v) is 6.06. The summed E-state index contributed by atoms with van der Waals surface area (Å²) in [6.07, 6.45) is -0.184. The van der Waals surface area contributed by atoms with Crippen molar-refractivity contribution in [3.05, 3.63) is 22.4 Å². The van der Waals surface area contributed by atoms with E-state index < -0.39 is 15.7 Å². The minimum absolute atomic E-state index is 0.184. The van der Waals surface area contributed by atoms with E-state index in [0.717, 1.165) is 4.88 Å². The van der Waals surface area contributed by atoms with E-state index in [-0.39, 0.29) is 6.42 Å². The lowest BCUT2D eigenvalue weighted by Gasteiger charge is -2.21. The SMILES string of the molecule is O=C(O)CC(c1cccs1)C(Cl)(Cl)Cl. The number of carboxylic acid groups (broad SMARTS) is 1. The highest BCUT2D eigenvalue weighted by Crippen LogP contribution is 2.44. The van der Waals surface area contributed by atoms with Crippen LogP contribution in [0, 0.1) is 0 Å². The van der Waals surface area contributed by atoms with Gasteiger partial charge in [-0.3, -0.25) is 4.79 Å². The lowest BCUT2D eigenvalue weighted by atomic mass is 10.1. The number of rotatable bonds is 3. The Kier molecular flexibility index (Phi) is 4.07. The Hall–Kier alpha value is 0.0400. The van der Waals surface area contributed by atoms with Gasteiger partial charge in [-0.2, -0.15) is 0 Å². The zero-order valence-electron chi connectivity index (χ0n) is 6.91. The Morgan fingerprint density at radius 3 is 2.57 bits per heavy atom. The maximum absolute atomic E-state index is 10.6. The zero-order valence-corrected chi connectivity index (χ0v) is 10.00. The molecule has 0 spiro atoms. The van der Waals surface area contributed by atoms with Crippen LogP contribution in [0.2, 0.25) is 0 Å². The van der Waals surface area contributed by atoms with Crippen molar-refractivity contribution in [2.75, 3.05) is 0 Å². The number of hydrogen-bond donors (Lipinski definition) is 1. The second kappa shape index (κ2) is 4.71. The molecule has 0 saturated carbocycles. The first-order chi connectivity index (χ1) is 6.41. The van der Waals surface area contributed by atoms with E-state index in [2.05, 4.69) is 0 Å². The van der Waals surface area contributed by atoms with Crippen LogP contribution in [0.5, 0.6) is 0 Å². The first kappa shape index (κ1) is 12.1. The lowest BCUT2D eigenvalue weighted by Crippen LogP contribution is -2.19. The van der Waals surface area contributed by atoms with Crippen LogP contribution < -0.4 is 0 Å². The van der Waals surface area contributed by atoms with Crippen LogP contribution >= 0.6 is 46.1 Å². The molecule has 6 heteroatoms. The van der Waals surface area contributed by atoms with Gasteiger partial charge in [0, 0.05) is 4.88 Å². The molecular formula is C8H7Cl3O2S. The zero-order chi connectivity index (χ0) is 10.8. The topological polar surface area (TPSA) is 37.3 Å². The Bertz CT molecular complexity index is 305. The average Bonchev–Trinajstić information content (AvgIpc) is 2.49. The van der Waals surface area contributed by atoms with E-state index in [1.807, 2.05) is 5.38 Å². The first-order valence-corrected chi connectivity index (χ1v) is 5.74. The van der Waals surface area contributed by atoms with Crippen LogP contribution in [0.3, 0.4) is 0 Å². The van der Waals surface area contributed by atoms with Gasteiger partial charge < -0.3 is 5.11 Å². The number of halogens is 3. The molecule has 0 aromatic carbocycles. The Balaban J connectivity index is 2.89. The molecule has 1 aromatic heterocycles. The van der Waals surface area contributed by atoms with Crippen molar-refractivity contribution in [2.45, 2.75) is 16.1 Å². The highest BCUT2D eigenvalue weighted by atomic mass is 35.6. The largest absolute Gasteiger partial charge is 0.481 e. The van der Waals surface area contributed by atoms with Crippen molar-refractivity contribution in [1.29, 1.82) is 0 Å². The number of hydrogen-bond acceptors (Lipinski definition) is 2. The third-order valence-electron chi connectivity index (χ3n) is 1.66. The van der Waals surface area contributed by atoms with E-state index in [1.165, 1.54) is 11.3 Å². The number of alkyl halides is 3. The minimum Gasteiger partial charge on any atom is -0.481 e. The molecule has 0 aliphatic rings. The van der Waals surface area contributed by atoms with Crippen molar-refractivity contribution in [2.24, 2.45) is 0 Å². The van der Waals surface area contributed by atoms with Crippen LogP contribution in [0.25, 0.3) is 0 Å². The molecule has 1 unspecified atom stereocenters. The molecule has 0 fully saturated rings. The average molecular weight is 274 g/mol. The molecule has 1 N–H and O–H groups in total. The van der Waals surface area contributed by atoms with Gasteiger partial charge in [0.15, 0.2) is 3.79 Å². The number of carboxylic acids is 1. The van der Waals surface area contributed by atoms with E-state index >= 15 is 0 Å². The van der Waals surface area contributed by atoms with E-state index in [0.29, 0.717) is 0 Å². The van der Waals surface area contributed by atoms with Crippen LogP contribution in [0.15, 0.2) is 17.5 Å². The number of carbonyl (C=O) groups is 1. The predicted molar refractivity (Wildman–Crippen MR) is 59.6 cm³/mol. The first-order valence-electron chi connectivity index (χ1n) is 3.73. The summed E-state index contributed by atoms with van der Waals surface area (Å²) >= 11 is 18.5. The molecule has 1 heterocycles. The summed E-state index contributed by atoms with van der Waals surface area (Å²) in [5, 5.41) is 10.5. The van der Waals surface area contributed by atoms with Gasteiger partial charge in [0.2, 0.25) is 0 Å².